The second-order valence-corrected chi connectivity index (χ2v) is 22.0. The van der Waals surface area contributed by atoms with Crippen LogP contribution in [0.4, 0.5) is 0 Å². The molecular formula is C61H54N4. The summed E-state index contributed by atoms with van der Waals surface area (Å²) >= 11 is 0. The number of aromatic nitrogens is 3. The highest BCUT2D eigenvalue weighted by molar-refractivity contribution is 5.88. The van der Waals surface area contributed by atoms with E-state index in [-0.39, 0.29) is 0 Å². The Balaban J connectivity index is 0.900. The summed E-state index contributed by atoms with van der Waals surface area (Å²) in [7, 11) is 0. The maximum atomic E-state index is 10.1. The molecule has 65 heavy (non-hydrogen) atoms. The quantitative estimate of drug-likeness (QED) is 0.160. The van der Waals surface area contributed by atoms with Crippen molar-refractivity contribution >= 4 is 0 Å². The molecule has 0 aliphatic heterocycles. The van der Waals surface area contributed by atoms with Gasteiger partial charge in [-0.05, 0) is 186 Å². The third-order valence-electron chi connectivity index (χ3n) is 18.2. The van der Waals surface area contributed by atoms with E-state index in [1.165, 1.54) is 110 Å². The molecule has 318 valence electrons. The van der Waals surface area contributed by atoms with Crippen LogP contribution in [0, 0.1) is 46.8 Å². The Labute approximate surface area is 383 Å². The lowest BCUT2D eigenvalue weighted by molar-refractivity contribution is -0.00530. The molecule has 1 atom stereocenters. The molecule has 0 amide bonds. The Bertz CT molecular complexity index is 2890. The van der Waals surface area contributed by atoms with Gasteiger partial charge < -0.3 is 0 Å². The number of hydrogen-bond donors (Lipinski definition) is 0. The van der Waals surface area contributed by atoms with E-state index in [1.807, 2.05) is 12.1 Å². The SMILES string of the molecule is N#Cc1cccc(C2(c3ccccc3)c3ccccc3-c3cc(-c4nc(-c5ccc(C67C[C@H]8C[C@@H](C6)C[C@@H](C7)C8)cc5)nc(-c5ccc(C67C[C@H]8C[C@@H](C6)C[C@@H](C7)C8)cc5)n4)ccc32)c1. The summed E-state index contributed by atoms with van der Waals surface area (Å²) < 4.78 is 0. The van der Waals surface area contributed by atoms with E-state index in [9.17, 15) is 5.26 Å². The first-order chi connectivity index (χ1) is 31.9. The second kappa shape index (κ2) is 14.2. The average Bonchev–Trinajstić information content (AvgIpc) is 3.64. The topological polar surface area (TPSA) is 62.5 Å². The minimum atomic E-state index is -0.606. The van der Waals surface area contributed by atoms with Crippen LogP contribution in [0.3, 0.4) is 0 Å². The number of rotatable bonds is 7. The largest absolute Gasteiger partial charge is 0.208 e. The van der Waals surface area contributed by atoms with E-state index in [0.717, 1.165) is 75.0 Å². The zero-order valence-corrected chi connectivity index (χ0v) is 37.1. The summed E-state index contributed by atoms with van der Waals surface area (Å²) in [5.41, 5.74) is 13.8. The van der Waals surface area contributed by atoms with Gasteiger partial charge in [-0.25, -0.2) is 15.0 Å². The minimum Gasteiger partial charge on any atom is -0.208 e. The summed E-state index contributed by atoms with van der Waals surface area (Å²) in [6.45, 7) is 0. The van der Waals surface area contributed by atoms with Gasteiger partial charge in [0.15, 0.2) is 17.5 Å². The van der Waals surface area contributed by atoms with E-state index in [4.69, 9.17) is 15.0 Å². The van der Waals surface area contributed by atoms with Gasteiger partial charge in [-0.15, -0.1) is 0 Å². The van der Waals surface area contributed by atoms with Crippen molar-refractivity contribution in [3.63, 3.8) is 0 Å². The molecule has 6 aromatic carbocycles. The fourth-order valence-electron chi connectivity index (χ4n) is 16.4. The first-order valence-electron chi connectivity index (χ1n) is 24.7. The molecule has 4 heteroatoms. The molecule has 1 unspecified atom stereocenters. The van der Waals surface area contributed by atoms with Crippen molar-refractivity contribution in [3.8, 4) is 51.4 Å². The minimum absolute atomic E-state index is 0.340. The third kappa shape index (κ3) is 5.83. The lowest BCUT2D eigenvalue weighted by Crippen LogP contribution is -2.48. The lowest BCUT2D eigenvalue weighted by atomic mass is 9.48. The van der Waals surface area contributed by atoms with E-state index in [2.05, 4.69) is 140 Å². The standard InChI is InChI=1S/C61H54N4/c62-37-38-7-6-10-51(29-38)61(50-8-2-1-3-9-50)54-12-5-4-11-52(54)53-30-47(17-22-55(53)61)58-64-56(45-13-18-48(19-14-45)59-31-39-23-40(32-59)25-41(24-39)33-59)63-57(65-58)46-15-20-49(21-16-46)60-34-42-26-43(35-60)28-44(27-42)36-60/h1-22,29-30,39-44H,23-28,31-36H2/t39-,40+,41-,42-,43+,44-,59?,60?,61?. The highest BCUT2D eigenvalue weighted by Crippen LogP contribution is 2.62. The van der Waals surface area contributed by atoms with Crippen molar-refractivity contribution in [3.05, 3.63) is 185 Å². The Morgan fingerprint density at radius 1 is 0.385 bits per heavy atom. The Kier molecular flexibility index (Phi) is 8.30. The molecule has 0 N–H and O–H groups in total. The van der Waals surface area contributed by atoms with E-state index < -0.39 is 5.41 Å². The Morgan fingerprint density at radius 2 is 0.831 bits per heavy atom. The Morgan fingerprint density at radius 3 is 1.35 bits per heavy atom. The molecule has 0 radical (unpaired) electrons. The van der Waals surface area contributed by atoms with Crippen molar-refractivity contribution in [2.75, 3.05) is 0 Å². The molecule has 9 aliphatic rings. The van der Waals surface area contributed by atoms with Crippen LogP contribution in [0.1, 0.15) is 116 Å². The average molecular weight is 843 g/mol. The van der Waals surface area contributed by atoms with E-state index in [0.29, 0.717) is 22.2 Å². The smallest absolute Gasteiger partial charge is 0.164 e. The van der Waals surface area contributed by atoms with Gasteiger partial charge in [0.05, 0.1) is 17.0 Å². The maximum absolute atomic E-state index is 10.1. The lowest BCUT2D eigenvalue weighted by Gasteiger charge is -2.57. The summed E-state index contributed by atoms with van der Waals surface area (Å²) in [5.74, 6) is 7.57. The van der Waals surface area contributed by atoms with Gasteiger partial charge in [0.2, 0.25) is 0 Å². The van der Waals surface area contributed by atoms with Gasteiger partial charge in [-0.2, -0.15) is 5.26 Å². The van der Waals surface area contributed by atoms with Crippen LogP contribution in [0.2, 0.25) is 0 Å². The van der Waals surface area contributed by atoms with Gasteiger partial charge in [0, 0.05) is 16.7 Å². The molecule has 1 aromatic heterocycles. The highest BCUT2D eigenvalue weighted by atomic mass is 15.0. The molecule has 0 saturated heterocycles. The first kappa shape index (κ1) is 38.1. The van der Waals surface area contributed by atoms with Crippen molar-refractivity contribution in [1.29, 1.82) is 5.26 Å². The molecule has 8 fully saturated rings. The van der Waals surface area contributed by atoms with E-state index in [1.54, 1.807) is 0 Å². The molecule has 4 nitrogen and oxygen atoms in total. The summed E-state index contributed by atoms with van der Waals surface area (Å²) in [5, 5.41) is 10.1. The first-order valence-corrected chi connectivity index (χ1v) is 24.7. The summed E-state index contributed by atoms with van der Waals surface area (Å²) in [6, 6.07) is 55.9. The van der Waals surface area contributed by atoms with Crippen LogP contribution < -0.4 is 0 Å². The predicted molar refractivity (Wildman–Crippen MR) is 258 cm³/mol. The summed E-state index contributed by atoms with van der Waals surface area (Å²) in [6.07, 6.45) is 16.8. The van der Waals surface area contributed by atoms with Gasteiger partial charge >= 0.3 is 0 Å². The van der Waals surface area contributed by atoms with Crippen LogP contribution in [0.25, 0.3) is 45.3 Å². The fraction of sp³-hybridized carbons (Fsp3) is 0.344. The van der Waals surface area contributed by atoms with Crippen molar-refractivity contribution < 1.29 is 0 Å². The molecule has 8 saturated carbocycles. The van der Waals surface area contributed by atoms with Gasteiger partial charge in [-0.3, -0.25) is 0 Å². The van der Waals surface area contributed by atoms with Crippen molar-refractivity contribution in [2.24, 2.45) is 35.5 Å². The highest BCUT2D eigenvalue weighted by Gasteiger charge is 2.53. The van der Waals surface area contributed by atoms with Crippen LogP contribution >= 0.6 is 0 Å². The predicted octanol–water partition coefficient (Wildman–Crippen LogP) is 14.0. The molecule has 0 spiro atoms. The van der Waals surface area contributed by atoms with Crippen molar-refractivity contribution in [1.82, 2.24) is 15.0 Å². The molecule has 1 heterocycles. The zero-order valence-electron chi connectivity index (χ0n) is 37.1. The van der Waals surface area contributed by atoms with Crippen molar-refractivity contribution in [2.45, 2.75) is 93.3 Å². The summed E-state index contributed by atoms with van der Waals surface area (Å²) in [4.78, 5) is 16.1. The fourth-order valence-corrected chi connectivity index (χ4v) is 16.4. The van der Waals surface area contributed by atoms with Crippen LogP contribution in [-0.4, -0.2) is 15.0 Å². The van der Waals surface area contributed by atoms with Gasteiger partial charge in [-0.1, -0.05) is 127 Å². The van der Waals surface area contributed by atoms with Crippen LogP contribution in [-0.2, 0) is 16.2 Å². The molecule has 16 rings (SSSR count). The van der Waals surface area contributed by atoms with Crippen LogP contribution in [0.5, 0.6) is 0 Å². The normalized spacial score (nSPS) is 30.8. The van der Waals surface area contributed by atoms with Gasteiger partial charge in [0.1, 0.15) is 0 Å². The molecule has 8 bridgehead atoms. The Hall–Kier alpha value is -6.18. The molecular weight excluding hydrogens is 789 g/mol. The number of fused-ring (bicyclic) bond motifs is 3. The third-order valence-corrected chi connectivity index (χ3v) is 18.2. The molecule has 7 aromatic rings. The number of benzene rings is 6. The maximum Gasteiger partial charge on any atom is 0.164 e. The number of nitriles is 1. The number of hydrogen-bond acceptors (Lipinski definition) is 4. The molecule has 9 aliphatic carbocycles. The second-order valence-electron chi connectivity index (χ2n) is 22.0. The number of nitrogens with zero attached hydrogens (tertiary/aromatic N) is 4. The van der Waals surface area contributed by atoms with Gasteiger partial charge in [0.25, 0.3) is 0 Å². The monoisotopic (exact) mass is 842 g/mol. The van der Waals surface area contributed by atoms with Crippen LogP contribution in [0.15, 0.2) is 146 Å². The zero-order chi connectivity index (χ0) is 42.9. The van der Waals surface area contributed by atoms with E-state index >= 15 is 0 Å².